The lowest BCUT2D eigenvalue weighted by Crippen LogP contribution is -2.05. The van der Waals surface area contributed by atoms with Crippen LogP contribution in [0.2, 0.25) is 0 Å². The summed E-state index contributed by atoms with van der Waals surface area (Å²) in [6.45, 7) is 0. The Morgan fingerprint density at radius 3 is 2.21 bits per heavy atom. The Bertz CT molecular complexity index is 755. The highest BCUT2D eigenvalue weighted by Crippen LogP contribution is 2.23. The van der Waals surface area contributed by atoms with Crippen molar-refractivity contribution >= 4 is 22.2 Å². The van der Waals surface area contributed by atoms with Crippen molar-refractivity contribution in [2.24, 2.45) is 0 Å². The molecule has 3 rings (SSSR count). The summed E-state index contributed by atoms with van der Waals surface area (Å²) in [5.74, 6) is 0. The highest BCUT2D eigenvalue weighted by molar-refractivity contribution is 6.19. The standard InChI is InChI=1S/C17H14N2/c18-16-11-4-3-9-15(16)17(19)14-10-5-7-12-6-1-2-8-13(12)14/h1-11,19H,18H2. The van der Waals surface area contributed by atoms with Gasteiger partial charge in [0.2, 0.25) is 0 Å². The monoisotopic (exact) mass is 246 g/mol. The van der Waals surface area contributed by atoms with Crippen LogP contribution in [0.1, 0.15) is 11.1 Å². The summed E-state index contributed by atoms with van der Waals surface area (Å²) in [6.07, 6.45) is 0. The first-order valence-corrected chi connectivity index (χ1v) is 6.19. The number of rotatable bonds is 2. The van der Waals surface area contributed by atoms with Gasteiger partial charge in [-0.1, -0.05) is 60.7 Å². The molecule has 0 unspecified atom stereocenters. The fourth-order valence-electron chi connectivity index (χ4n) is 2.31. The molecule has 0 aliphatic heterocycles. The zero-order valence-electron chi connectivity index (χ0n) is 10.4. The van der Waals surface area contributed by atoms with Crippen LogP contribution in [0.25, 0.3) is 10.8 Å². The molecule has 0 atom stereocenters. The zero-order chi connectivity index (χ0) is 13.2. The summed E-state index contributed by atoms with van der Waals surface area (Å²) in [6, 6.07) is 21.6. The van der Waals surface area contributed by atoms with Crippen LogP contribution >= 0.6 is 0 Å². The molecule has 0 heterocycles. The highest BCUT2D eigenvalue weighted by Gasteiger charge is 2.10. The second kappa shape index (κ2) is 4.58. The Hall–Kier alpha value is -2.61. The molecule has 0 bridgehead atoms. The van der Waals surface area contributed by atoms with Gasteiger partial charge in [0.25, 0.3) is 0 Å². The van der Waals surface area contributed by atoms with E-state index in [2.05, 4.69) is 12.1 Å². The minimum absolute atomic E-state index is 0.468. The molecule has 0 fully saturated rings. The number of fused-ring (bicyclic) bond motifs is 1. The minimum Gasteiger partial charge on any atom is -0.398 e. The van der Waals surface area contributed by atoms with E-state index in [1.54, 1.807) is 0 Å². The largest absolute Gasteiger partial charge is 0.398 e. The summed E-state index contributed by atoms with van der Waals surface area (Å²) in [7, 11) is 0. The van der Waals surface area contributed by atoms with Crippen LogP contribution in [0.4, 0.5) is 5.69 Å². The number of hydrogen-bond donors (Lipinski definition) is 2. The molecule has 3 aromatic rings. The predicted octanol–water partition coefficient (Wildman–Crippen LogP) is 3.84. The molecule has 0 radical (unpaired) electrons. The summed E-state index contributed by atoms with van der Waals surface area (Å²) in [4.78, 5) is 0. The smallest absolute Gasteiger partial charge is 0.0711 e. The number of nitrogens with two attached hydrogens (primary N) is 1. The number of para-hydroxylation sites is 1. The van der Waals surface area contributed by atoms with Crippen molar-refractivity contribution in [1.29, 1.82) is 5.41 Å². The van der Waals surface area contributed by atoms with Crippen molar-refractivity contribution in [3.8, 4) is 0 Å². The van der Waals surface area contributed by atoms with Gasteiger partial charge in [0.1, 0.15) is 0 Å². The van der Waals surface area contributed by atoms with E-state index >= 15 is 0 Å². The van der Waals surface area contributed by atoms with E-state index in [4.69, 9.17) is 11.1 Å². The topological polar surface area (TPSA) is 49.9 Å². The summed E-state index contributed by atoms with van der Waals surface area (Å²) in [5, 5.41) is 10.6. The normalized spacial score (nSPS) is 10.5. The summed E-state index contributed by atoms with van der Waals surface area (Å²) < 4.78 is 0. The Morgan fingerprint density at radius 1 is 0.737 bits per heavy atom. The van der Waals surface area contributed by atoms with E-state index in [-0.39, 0.29) is 0 Å². The molecule has 19 heavy (non-hydrogen) atoms. The fraction of sp³-hybridized carbons (Fsp3) is 0. The first-order valence-electron chi connectivity index (χ1n) is 6.19. The third-order valence-corrected chi connectivity index (χ3v) is 3.29. The summed E-state index contributed by atoms with van der Waals surface area (Å²) in [5.41, 5.74) is 8.76. The van der Waals surface area contributed by atoms with Crippen LogP contribution in [0, 0.1) is 5.41 Å². The number of nitrogen functional groups attached to an aromatic ring is 1. The second-order valence-corrected chi connectivity index (χ2v) is 4.49. The molecule has 2 nitrogen and oxygen atoms in total. The van der Waals surface area contributed by atoms with E-state index in [0.29, 0.717) is 11.4 Å². The van der Waals surface area contributed by atoms with Crippen LogP contribution in [-0.4, -0.2) is 5.71 Å². The van der Waals surface area contributed by atoms with Crippen molar-refractivity contribution < 1.29 is 0 Å². The van der Waals surface area contributed by atoms with Gasteiger partial charge in [-0.15, -0.1) is 0 Å². The molecule has 0 amide bonds. The van der Waals surface area contributed by atoms with Crippen molar-refractivity contribution in [1.82, 2.24) is 0 Å². The molecule has 92 valence electrons. The lowest BCUT2D eigenvalue weighted by atomic mass is 9.96. The van der Waals surface area contributed by atoms with Gasteiger partial charge in [0.15, 0.2) is 0 Å². The lowest BCUT2D eigenvalue weighted by Gasteiger charge is -2.10. The molecule has 0 aromatic heterocycles. The Kier molecular flexibility index (Phi) is 2.76. The van der Waals surface area contributed by atoms with E-state index in [1.165, 1.54) is 0 Å². The number of hydrogen-bond acceptors (Lipinski definition) is 2. The Balaban J connectivity index is 2.20. The molecule has 0 saturated heterocycles. The van der Waals surface area contributed by atoms with Gasteiger partial charge in [-0.05, 0) is 16.8 Å². The van der Waals surface area contributed by atoms with Crippen LogP contribution in [0.15, 0.2) is 66.7 Å². The average Bonchev–Trinajstić information content (AvgIpc) is 2.46. The van der Waals surface area contributed by atoms with Gasteiger partial charge in [-0.3, -0.25) is 5.41 Å². The molecule has 0 saturated carbocycles. The van der Waals surface area contributed by atoms with Crippen molar-refractivity contribution in [2.75, 3.05) is 5.73 Å². The number of anilines is 1. The lowest BCUT2D eigenvalue weighted by molar-refractivity contribution is 1.47. The molecular formula is C17H14N2. The molecule has 2 heteroatoms. The predicted molar refractivity (Wildman–Crippen MR) is 80.7 cm³/mol. The van der Waals surface area contributed by atoms with Gasteiger partial charge in [-0.25, -0.2) is 0 Å². The fourth-order valence-corrected chi connectivity index (χ4v) is 2.31. The average molecular weight is 246 g/mol. The van der Waals surface area contributed by atoms with Gasteiger partial charge in [0.05, 0.1) is 5.71 Å². The second-order valence-electron chi connectivity index (χ2n) is 4.49. The van der Waals surface area contributed by atoms with E-state index in [0.717, 1.165) is 21.9 Å². The first kappa shape index (κ1) is 11.5. The minimum atomic E-state index is 0.468. The van der Waals surface area contributed by atoms with Crippen molar-refractivity contribution in [2.45, 2.75) is 0 Å². The van der Waals surface area contributed by atoms with Gasteiger partial charge >= 0.3 is 0 Å². The van der Waals surface area contributed by atoms with Gasteiger partial charge in [0, 0.05) is 16.8 Å². The molecule has 0 aliphatic rings. The Labute approximate surface area is 112 Å². The molecule has 0 spiro atoms. The quantitative estimate of drug-likeness (QED) is 0.524. The highest BCUT2D eigenvalue weighted by atomic mass is 14.6. The van der Waals surface area contributed by atoms with Crippen molar-refractivity contribution in [3.05, 3.63) is 77.9 Å². The molecule has 3 aromatic carbocycles. The maximum Gasteiger partial charge on any atom is 0.0711 e. The summed E-state index contributed by atoms with van der Waals surface area (Å²) >= 11 is 0. The van der Waals surface area contributed by atoms with Crippen LogP contribution in [0.3, 0.4) is 0 Å². The van der Waals surface area contributed by atoms with Crippen LogP contribution < -0.4 is 5.73 Å². The number of benzene rings is 3. The number of nitrogens with one attached hydrogen (secondary N) is 1. The zero-order valence-corrected chi connectivity index (χ0v) is 10.4. The van der Waals surface area contributed by atoms with Crippen LogP contribution in [-0.2, 0) is 0 Å². The molecule has 3 N–H and O–H groups in total. The third-order valence-electron chi connectivity index (χ3n) is 3.29. The molecular weight excluding hydrogens is 232 g/mol. The van der Waals surface area contributed by atoms with Gasteiger partial charge < -0.3 is 5.73 Å². The third kappa shape index (κ3) is 1.97. The maximum atomic E-state index is 8.41. The Morgan fingerprint density at radius 2 is 1.37 bits per heavy atom. The van der Waals surface area contributed by atoms with E-state index < -0.39 is 0 Å². The molecule has 0 aliphatic carbocycles. The van der Waals surface area contributed by atoms with Crippen molar-refractivity contribution in [3.63, 3.8) is 0 Å². The van der Waals surface area contributed by atoms with E-state index in [9.17, 15) is 0 Å². The SMILES string of the molecule is N=C(c1ccccc1N)c1cccc2ccccc12. The first-order chi connectivity index (χ1) is 9.27. The van der Waals surface area contributed by atoms with E-state index in [1.807, 2.05) is 54.6 Å². The maximum absolute atomic E-state index is 8.41. The van der Waals surface area contributed by atoms with Crippen LogP contribution in [0.5, 0.6) is 0 Å². The van der Waals surface area contributed by atoms with Gasteiger partial charge in [-0.2, -0.15) is 0 Å².